The van der Waals surface area contributed by atoms with Crippen molar-refractivity contribution in [3.63, 3.8) is 0 Å². The van der Waals surface area contributed by atoms with Gasteiger partial charge in [-0.2, -0.15) is 0 Å². The minimum atomic E-state index is -0.169. The van der Waals surface area contributed by atoms with E-state index in [1.165, 1.54) is 12.8 Å². The fraction of sp³-hybridized carbons (Fsp3) is 0.625. The number of anilines is 1. The molecule has 2 fully saturated rings. The monoisotopic (exact) mass is 278 g/mol. The van der Waals surface area contributed by atoms with Crippen LogP contribution in [0.3, 0.4) is 0 Å². The van der Waals surface area contributed by atoms with Crippen LogP contribution in [0.1, 0.15) is 31.2 Å². The van der Waals surface area contributed by atoms with E-state index in [1.807, 2.05) is 6.07 Å². The van der Waals surface area contributed by atoms with Gasteiger partial charge in [-0.15, -0.1) is 0 Å². The number of benzene rings is 1. The molecule has 0 aromatic heterocycles. The molecular weight excluding hydrogens is 255 g/mol. The highest BCUT2D eigenvalue weighted by Gasteiger charge is 2.23. The zero-order chi connectivity index (χ0) is 13.9. The Morgan fingerprint density at radius 3 is 2.90 bits per heavy atom. The van der Waals surface area contributed by atoms with Crippen molar-refractivity contribution in [1.82, 2.24) is 5.32 Å². The molecule has 1 unspecified atom stereocenters. The molecule has 1 aromatic carbocycles. The zero-order valence-electron chi connectivity index (χ0n) is 11.8. The molecule has 0 radical (unpaired) electrons. The first-order chi connectivity index (χ1) is 9.76. The Kier molecular flexibility index (Phi) is 4.22. The van der Waals surface area contributed by atoms with Gasteiger partial charge in [0.1, 0.15) is 5.82 Å². The molecule has 0 amide bonds. The molecule has 0 bridgehead atoms. The number of hydrogen-bond donors (Lipinski definition) is 2. The normalized spacial score (nSPS) is 23.1. The van der Waals surface area contributed by atoms with Crippen LogP contribution in [0, 0.1) is 11.7 Å². The smallest absolute Gasteiger partial charge is 0.123 e. The molecule has 3 nitrogen and oxygen atoms in total. The van der Waals surface area contributed by atoms with Gasteiger partial charge in [-0.3, -0.25) is 0 Å². The van der Waals surface area contributed by atoms with Gasteiger partial charge in [0, 0.05) is 38.0 Å². The largest absolute Gasteiger partial charge is 0.396 e. The van der Waals surface area contributed by atoms with Gasteiger partial charge in [-0.25, -0.2) is 4.39 Å². The lowest BCUT2D eigenvalue weighted by molar-refractivity contribution is 0.208. The number of aliphatic hydroxyl groups excluding tert-OH is 1. The molecule has 2 N–H and O–H groups in total. The van der Waals surface area contributed by atoms with E-state index in [4.69, 9.17) is 0 Å². The maximum atomic E-state index is 13.5. The van der Waals surface area contributed by atoms with Crippen LogP contribution in [0.5, 0.6) is 0 Å². The lowest BCUT2D eigenvalue weighted by Crippen LogP contribution is -2.37. The van der Waals surface area contributed by atoms with E-state index < -0.39 is 0 Å². The van der Waals surface area contributed by atoms with E-state index in [9.17, 15) is 9.50 Å². The third kappa shape index (κ3) is 3.30. The molecule has 4 heteroatoms. The molecule has 0 spiro atoms. The molecule has 1 aliphatic heterocycles. The summed E-state index contributed by atoms with van der Waals surface area (Å²) in [5.41, 5.74) is 2.16. The molecule has 2 aliphatic rings. The summed E-state index contributed by atoms with van der Waals surface area (Å²) in [6, 6.07) is 5.70. The van der Waals surface area contributed by atoms with Crippen LogP contribution in [0.15, 0.2) is 18.2 Å². The lowest BCUT2D eigenvalue weighted by Gasteiger charge is -2.35. The number of nitrogens with one attached hydrogen (secondary N) is 1. The number of halogens is 1. The number of aliphatic hydroxyl groups is 1. The minimum Gasteiger partial charge on any atom is -0.396 e. The van der Waals surface area contributed by atoms with Crippen LogP contribution in [-0.4, -0.2) is 30.8 Å². The summed E-state index contributed by atoms with van der Waals surface area (Å²) in [7, 11) is 0. The van der Waals surface area contributed by atoms with E-state index in [-0.39, 0.29) is 12.4 Å². The second-order valence-electron chi connectivity index (χ2n) is 6.07. The number of piperidine rings is 1. The lowest BCUT2D eigenvalue weighted by atomic mass is 9.97. The molecule has 20 heavy (non-hydrogen) atoms. The molecule has 110 valence electrons. The number of rotatable bonds is 5. The molecule has 1 saturated carbocycles. The summed E-state index contributed by atoms with van der Waals surface area (Å²) in [6.45, 7) is 2.85. The van der Waals surface area contributed by atoms with Gasteiger partial charge in [0.05, 0.1) is 0 Å². The first-order valence-corrected chi connectivity index (χ1v) is 7.64. The first kappa shape index (κ1) is 13.8. The highest BCUT2D eigenvalue weighted by Crippen LogP contribution is 2.28. The van der Waals surface area contributed by atoms with Crippen LogP contribution in [0.4, 0.5) is 10.1 Å². The Hall–Kier alpha value is -1.13. The third-order valence-corrected chi connectivity index (χ3v) is 4.32. The Balaban J connectivity index is 1.75. The fourth-order valence-electron chi connectivity index (χ4n) is 2.98. The number of hydrogen-bond acceptors (Lipinski definition) is 3. The summed E-state index contributed by atoms with van der Waals surface area (Å²) < 4.78 is 13.5. The topological polar surface area (TPSA) is 35.5 Å². The molecule has 1 aliphatic carbocycles. The highest BCUT2D eigenvalue weighted by atomic mass is 19.1. The van der Waals surface area contributed by atoms with Gasteiger partial charge >= 0.3 is 0 Å². The Morgan fingerprint density at radius 2 is 2.15 bits per heavy atom. The van der Waals surface area contributed by atoms with Gasteiger partial charge in [-0.1, -0.05) is 0 Å². The maximum Gasteiger partial charge on any atom is 0.123 e. The van der Waals surface area contributed by atoms with Gasteiger partial charge in [0.25, 0.3) is 0 Å². The van der Waals surface area contributed by atoms with Crippen LogP contribution in [0.25, 0.3) is 0 Å². The van der Waals surface area contributed by atoms with Crippen molar-refractivity contribution in [2.45, 2.75) is 38.3 Å². The van der Waals surface area contributed by atoms with Crippen molar-refractivity contribution >= 4 is 5.69 Å². The summed E-state index contributed by atoms with van der Waals surface area (Å²) in [4.78, 5) is 2.30. The van der Waals surface area contributed by atoms with Crippen molar-refractivity contribution in [2.75, 3.05) is 24.6 Å². The average Bonchev–Trinajstić information content (AvgIpc) is 3.29. The molecule has 1 aromatic rings. The van der Waals surface area contributed by atoms with Gasteiger partial charge in [0.2, 0.25) is 0 Å². The van der Waals surface area contributed by atoms with Crippen LogP contribution >= 0.6 is 0 Å². The van der Waals surface area contributed by atoms with Crippen molar-refractivity contribution in [3.8, 4) is 0 Å². The SMILES string of the molecule is OCC1CCCN(c2ccc(F)cc2CNC2CC2)C1. The van der Waals surface area contributed by atoms with E-state index in [2.05, 4.69) is 10.2 Å². The summed E-state index contributed by atoms with van der Waals surface area (Å²) in [5, 5.41) is 12.8. The Morgan fingerprint density at radius 1 is 1.30 bits per heavy atom. The van der Waals surface area contributed by atoms with Crippen molar-refractivity contribution in [2.24, 2.45) is 5.92 Å². The molecule has 1 saturated heterocycles. The van der Waals surface area contributed by atoms with E-state index >= 15 is 0 Å². The third-order valence-electron chi connectivity index (χ3n) is 4.32. The van der Waals surface area contributed by atoms with Crippen LogP contribution < -0.4 is 10.2 Å². The predicted octanol–water partition coefficient (Wildman–Crippen LogP) is 2.29. The Labute approximate surface area is 119 Å². The zero-order valence-corrected chi connectivity index (χ0v) is 11.8. The average molecular weight is 278 g/mol. The van der Waals surface area contributed by atoms with E-state index in [0.717, 1.165) is 43.7 Å². The van der Waals surface area contributed by atoms with E-state index in [0.29, 0.717) is 12.0 Å². The van der Waals surface area contributed by atoms with Gasteiger partial charge in [0.15, 0.2) is 0 Å². The highest BCUT2D eigenvalue weighted by molar-refractivity contribution is 5.54. The summed E-state index contributed by atoms with van der Waals surface area (Å²) >= 11 is 0. The number of nitrogens with zero attached hydrogens (tertiary/aromatic N) is 1. The van der Waals surface area contributed by atoms with Crippen LogP contribution in [0.2, 0.25) is 0 Å². The second kappa shape index (κ2) is 6.10. The molecule has 1 heterocycles. The standard InChI is InChI=1S/C16H23FN2O/c17-14-3-6-16(13(8-14)9-18-15-4-5-15)19-7-1-2-12(10-19)11-20/h3,6,8,12,15,18,20H,1-2,4-5,7,9-11H2. The van der Waals surface area contributed by atoms with Crippen molar-refractivity contribution in [1.29, 1.82) is 0 Å². The fourth-order valence-corrected chi connectivity index (χ4v) is 2.98. The van der Waals surface area contributed by atoms with Crippen molar-refractivity contribution < 1.29 is 9.50 Å². The quantitative estimate of drug-likeness (QED) is 0.867. The summed E-state index contributed by atoms with van der Waals surface area (Å²) in [6.07, 6.45) is 4.66. The van der Waals surface area contributed by atoms with Crippen LogP contribution in [-0.2, 0) is 6.54 Å². The molecule has 3 rings (SSSR count). The van der Waals surface area contributed by atoms with Gasteiger partial charge < -0.3 is 15.3 Å². The minimum absolute atomic E-state index is 0.169. The van der Waals surface area contributed by atoms with Crippen molar-refractivity contribution in [3.05, 3.63) is 29.6 Å². The van der Waals surface area contributed by atoms with Gasteiger partial charge in [-0.05, 0) is 55.4 Å². The maximum absolute atomic E-state index is 13.5. The Bertz CT molecular complexity index is 462. The molecule has 1 atom stereocenters. The predicted molar refractivity (Wildman–Crippen MR) is 78.3 cm³/mol. The second-order valence-corrected chi connectivity index (χ2v) is 6.07. The first-order valence-electron chi connectivity index (χ1n) is 7.64. The summed E-state index contributed by atoms with van der Waals surface area (Å²) in [5.74, 6) is 0.176. The van der Waals surface area contributed by atoms with E-state index in [1.54, 1.807) is 12.1 Å². The molecular formula is C16H23FN2O.